The highest BCUT2D eigenvalue weighted by molar-refractivity contribution is 8.18. The lowest BCUT2D eigenvalue weighted by Gasteiger charge is -2.22. The summed E-state index contributed by atoms with van der Waals surface area (Å²) >= 11 is 9.41. The minimum absolute atomic E-state index is 0.371. The van der Waals surface area contributed by atoms with Gasteiger partial charge in [0.25, 0.3) is 0 Å². The van der Waals surface area contributed by atoms with Gasteiger partial charge in [-0.15, -0.1) is 23.5 Å². The molecular formula is C12H13ClN2O2S2. The lowest BCUT2D eigenvalue weighted by Crippen LogP contribution is -2.20. The summed E-state index contributed by atoms with van der Waals surface area (Å²) in [7, 11) is 1.50. The van der Waals surface area contributed by atoms with Crippen LogP contribution in [0.25, 0.3) is 0 Å². The highest BCUT2D eigenvalue weighted by Crippen LogP contribution is 2.43. The predicted octanol–water partition coefficient (Wildman–Crippen LogP) is 3.53. The SMILES string of the molecule is CNC(=O)ON=C1CSC(c2ccc(Cl)cc2)SC1. The summed E-state index contributed by atoms with van der Waals surface area (Å²) in [6.07, 6.45) is -0.540. The average Bonchev–Trinajstić information content (AvgIpc) is 2.46. The van der Waals surface area contributed by atoms with Crippen LogP contribution in [0.15, 0.2) is 29.4 Å². The van der Waals surface area contributed by atoms with Gasteiger partial charge in [-0.25, -0.2) is 4.79 Å². The van der Waals surface area contributed by atoms with E-state index in [2.05, 4.69) is 15.3 Å². The Balaban J connectivity index is 1.88. The van der Waals surface area contributed by atoms with Gasteiger partial charge in [0.2, 0.25) is 0 Å². The molecule has 1 saturated heterocycles. The molecule has 1 aromatic carbocycles. The van der Waals surface area contributed by atoms with Crippen molar-refractivity contribution in [3.8, 4) is 0 Å². The maximum absolute atomic E-state index is 10.9. The van der Waals surface area contributed by atoms with Crippen molar-refractivity contribution in [1.29, 1.82) is 0 Å². The molecule has 1 heterocycles. The van der Waals surface area contributed by atoms with E-state index in [1.165, 1.54) is 12.6 Å². The van der Waals surface area contributed by atoms with Crippen LogP contribution in [0.1, 0.15) is 10.1 Å². The fourth-order valence-electron chi connectivity index (χ4n) is 1.45. The molecule has 1 aliphatic heterocycles. The van der Waals surface area contributed by atoms with Crippen LogP contribution in [-0.2, 0) is 4.84 Å². The van der Waals surface area contributed by atoms with E-state index in [0.29, 0.717) is 4.58 Å². The topological polar surface area (TPSA) is 50.7 Å². The Kier molecular flexibility index (Phi) is 5.42. The third kappa shape index (κ3) is 4.33. The van der Waals surface area contributed by atoms with Gasteiger partial charge in [-0.05, 0) is 17.7 Å². The van der Waals surface area contributed by atoms with Crippen LogP contribution in [0.4, 0.5) is 4.79 Å². The molecule has 0 spiro atoms. The number of thioether (sulfide) groups is 2. The highest BCUT2D eigenvalue weighted by Gasteiger charge is 2.21. The molecular weight excluding hydrogens is 304 g/mol. The molecule has 1 aromatic rings. The number of halogens is 1. The molecule has 0 bridgehead atoms. The lowest BCUT2D eigenvalue weighted by atomic mass is 10.2. The van der Waals surface area contributed by atoms with Crippen molar-refractivity contribution in [1.82, 2.24) is 5.32 Å². The number of nitrogens with zero attached hydrogens (tertiary/aromatic N) is 1. The molecule has 102 valence electrons. The summed E-state index contributed by atoms with van der Waals surface area (Å²) in [6, 6.07) is 7.87. The second-order valence-corrected chi connectivity index (χ2v) is 6.71. The van der Waals surface area contributed by atoms with Gasteiger partial charge in [0.05, 0.1) is 10.3 Å². The van der Waals surface area contributed by atoms with E-state index in [4.69, 9.17) is 11.6 Å². The first-order valence-electron chi connectivity index (χ1n) is 5.62. The maximum Gasteiger partial charge on any atom is 0.433 e. The van der Waals surface area contributed by atoms with Gasteiger partial charge >= 0.3 is 6.09 Å². The summed E-state index contributed by atoms with van der Waals surface area (Å²) in [5, 5.41) is 6.93. The summed E-state index contributed by atoms with van der Waals surface area (Å²) in [5.74, 6) is 1.52. The van der Waals surface area contributed by atoms with Crippen molar-refractivity contribution in [3.05, 3.63) is 34.9 Å². The quantitative estimate of drug-likeness (QED) is 0.670. The third-order valence-electron chi connectivity index (χ3n) is 2.41. The molecule has 1 amide bonds. The van der Waals surface area contributed by atoms with Crippen LogP contribution >= 0.6 is 35.1 Å². The molecule has 1 N–H and O–H groups in total. The van der Waals surface area contributed by atoms with Crippen LogP contribution in [0.2, 0.25) is 5.02 Å². The highest BCUT2D eigenvalue weighted by atomic mass is 35.5. The van der Waals surface area contributed by atoms with Crippen LogP contribution in [0.3, 0.4) is 0 Å². The van der Waals surface area contributed by atoms with E-state index in [-0.39, 0.29) is 0 Å². The summed E-state index contributed by atoms with van der Waals surface area (Å²) in [6.45, 7) is 0. The molecule has 2 rings (SSSR count). The molecule has 19 heavy (non-hydrogen) atoms. The zero-order valence-electron chi connectivity index (χ0n) is 10.3. The van der Waals surface area contributed by atoms with Crippen LogP contribution in [0, 0.1) is 0 Å². The van der Waals surface area contributed by atoms with E-state index in [0.717, 1.165) is 22.2 Å². The van der Waals surface area contributed by atoms with Crippen LogP contribution in [0.5, 0.6) is 0 Å². The largest absolute Gasteiger partial charge is 0.433 e. The zero-order chi connectivity index (χ0) is 13.7. The molecule has 0 aromatic heterocycles. The molecule has 4 nitrogen and oxygen atoms in total. The number of carbonyl (C=O) groups is 1. The molecule has 0 unspecified atom stereocenters. The van der Waals surface area contributed by atoms with Gasteiger partial charge in [-0.3, -0.25) is 4.84 Å². The smallest absolute Gasteiger partial charge is 0.323 e. The Morgan fingerprint density at radius 1 is 1.37 bits per heavy atom. The van der Waals surface area contributed by atoms with Crippen molar-refractivity contribution in [2.24, 2.45) is 5.16 Å². The average molecular weight is 317 g/mol. The zero-order valence-corrected chi connectivity index (χ0v) is 12.6. The van der Waals surface area contributed by atoms with Crippen molar-refractivity contribution < 1.29 is 9.63 Å². The Bertz CT molecular complexity index is 469. The monoisotopic (exact) mass is 316 g/mol. The Morgan fingerprint density at radius 2 is 2.00 bits per heavy atom. The first-order valence-corrected chi connectivity index (χ1v) is 8.09. The number of benzene rings is 1. The second-order valence-electron chi connectivity index (χ2n) is 3.79. The number of amides is 1. The summed E-state index contributed by atoms with van der Waals surface area (Å²) in [4.78, 5) is 15.6. The molecule has 0 atom stereocenters. The standard InChI is InChI=1S/C12H13ClN2O2S2/c1-14-12(16)17-15-10-6-18-11(19-7-10)8-2-4-9(13)5-3-8/h2-5,11H,6-7H2,1H3,(H,14,16). The van der Waals surface area contributed by atoms with Gasteiger partial charge < -0.3 is 5.32 Å². The normalized spacial score (nSPS) is 18.8. The van der Waals surface area contributed by atoms with Gasteiger partial charge in [0.1, 0.15) is 0 Å². The van der Waals surface area contributed by atoms with Gasteiger partial charge in [-0.1, -0.05) is 28.9 Å². The number of hydrogen-bond donors (Lipinski definition) is 1. The minimum Gasteiger partial charge on any atom is -0.323 e. The van der Waals surface area contributed by atoms with Gasteiger partial charge in [-0.2, -0.15) is 0 Å². The predicted molar refractivity (Wildman–Crippen MR) is 82.1 cm³/mol. The van der Waals surface area contributed by atoms with Crippen molar-refractivity contribution in [3.63, 3.8) is 0 Å². The van der Waals surface area contributed by atoms with Gasteiger partial charge in [0, 0.05) is 23.6 Å². The Morgan fingerprint density at radius 3 is 2.58 bits per heavy atom. The van der Waals surface area contributed by atoms with E-state index >= 15 is 0 Å². The number of hydrogen-bond acceptors (Lipinski definition) is 5. The van der Waals surface area contributed by atoms with Crippen LogP contribution in [-0.4, -0.2) is 30.4 Å². The first kappa shape index (κ1) is 14.6. The molecule has 1 fully saturated rings. The fraction of sp³-hybridized carbons (Fsp3) is 0.333. The number of carbonyl (C=O) groups excluding carboxylic acids is 1. The third-order valence-corrected chi connectivity index (χ3v) is 5.62. The number of oxime groups is 1. The summed E-state index contributed by atoms with van der Waals surface area (Å²) in [5.41, 5.74) is 2.12. The lowest BCUT2D eigenvalue weighted by molar-refractivity contribution is 0.153. The molecule has 0 saturated carbocycles. The number of nitrogens with one attached hydrogen (secondary N) is 1. The van der Waals surface area contributed by atoms with E-state index in [9.17, 15) is 4.79 Å². The number of rotatable bonds is 2. The second kappa shape index (κ2) is 7.07. The molecule has 0 radical (unpaired) electrons. The maximum atomic E-state index is 10.9. The summed E-state index contributed by atoms with van der Waals surface area (Å²) < 4.78 is 0.371. The first-order chi connectivity index (χ1) is 9.19. The van der Waals surface area contributed by atoms with E-state index < -0.39 is 6.09 Å². The Hall–Kier alpha value is -0.850. The van der Waals surface area contributed by atoms with E-state index in [1.54, 1.807) is 23.5 Å². The Labute approximate surface area is 125 Å². The van der Waals surface area contributed by atoms with Crippen molar-refractivity contribution in [2.75, 3.05) is 18.6 Å². The van der Waals surface area contributed by atoms with E-state index in [1.807, 2.05) is 24.3 Å². The fourth-order valence-corrected chi connectivity index (χ4v) is 4.19. The van der Waals surface area contributed by atoms with Crippen molar-refractivity contribution >= 4 is 46.9 Å². The minimum atomic E-state index is -0.540. The molecule has 7 heteroatoms. The van der Waals surface area contributed by atoms with Gasteiger partial charge in [0.15, 0.2) is 0 Å². The molecule has 1 aliphatic rings. The van der Waals surface area contributed by atoms with Crippen LogP contribution < -0.4 is 5.32 Å². The molecule has 0 aliphatic carbocycles. The van der Waals surface area contributed by atoms with Crippen molar-refractivity contribution in [2.45, 2.75) is 4.58 Å².